The van der Waals surface area contributed by atoms with Crippen molar-refractivity contribution >= 4 is 27.4 Å². The lowest BCUT2D eigenvalue weighted by Crippen LogP contribution is -1.94. The van der Waals surface area contributed by atoms with Gasteiger partial charge in [0.25, 0.3) is 0 Å². The Kier molecular flexibility index (Phi) is 2.29. The minimum Gasteiger partial charge on any atom is -0.399 e. The van der Waals surface area contributed by atoms with Crippen molar-refractivity contribution in [1.29, 1.82) is 0 Å². The summed E-state index contributed by atoms with van der Waals surface area (Å²) < 4.78 is 0.836. The van der Waals surface area contributed by atoms with Crippen molar-refractivity contribution in [3.8, 4) is 0 Å². The molecule has 1 rings (SSSR count). The van der Waals surface area contributed by atoms with Gasteiger partial charge in [0, 0.05) is 15.7 Å². The van der Waals surface area contributed by atoms with E-state index in [1.165, 1.54) is 6.92 Å². The fraction of sp³-hybridized carbons (Fsp3) is 0.125. The molecule has 1 aromatic rings. The lowest BCUT2D eigenvalue weighted by molar-refractivity contribution is 0.101. The molecular weight excluding hydrogens is 206 g/mol. The predicted molar refractivity (Wildman–Crippen MR) is 48.6 cm³/mol. The maximum atomic E-state index is 10.9. The minimum absolute atomic E-state index is 0.0259. The monoisotopic (exact) mass is 213 g/mol. The predicted octanol–water partition coefficient (Wildman–Crippen LogP) is 2.23. The van der Waals surface area contributed by atoms with Gasteiger partial charge in [-0.15, -0.1) is 0 Å². The maximum absolute atomic E-state index is 10.9. The average molecular weight is 214 g/mol. The number of hydrogen-bond donors (Lipinski definition) is 1. The van der Waals surface area contributed by atoms with E-state index >= 15 is 0 Å². The number of nitrogens with two attached hydrogens (primary N) is 1. The van der Waals surface area contributed by atoms with Gasteiger partial charge in [-0.3, -0.25) is 4.79 Å². The van der Waals surface area contributed by atoms with Crippen LogP contribution in [0.1, 0.15) is 17.3 Å². The van der Waals surface area contributed by atoms with Gasteiger partial charge >= 0.3 is 0 Å². The van der Waals surface area contributed by atoms with Gasteiger partial charge in [-0.25, -0.2) is 0 Å². The van der Waals surface area contributed by atoms with E-state index in [0.717, 1.165) is 4.47 Å². The van der Waals surface area contributed by atoms with Crippen molar-refractivity contribution in [3.63, 3.8) is 0 Å². The SMILES string of the molecule is CC(=O)c1cc(N)cc(Br)c1. The van der Waals surface area contributed by atoms with Crippen LogP contribution in [0.4, 0.5) is 5.69 Å². The third-order valence-corrected chi connectivity index (χ3v) is 1.78. The quantitative estimate of drug-likeness (QED) is 0.575. The first kappa shape index (κ1) is 8.27. The highest BCUT2D eigenvalue weighted by Crippen LogP contribution is 2.17. The molecule has 0 heterocycles. The lowest BCUT2D eigenvalue weighted by atomic mass is 10.1. The van der Waals surface area contributed by atoms with E-state index in [4.69, 9.17) is 5.73 Å². The van der Waals surface area contributed by atoms with Crippen molar-refractivity contribution in [2.45, 2.75) is 6.92 Å². The Morgan fingerprint density at radius 1 is 1.45 bits per heavy atom. The summed E-state index contributed by atoms with van der Waals surface area (Å²) in [6.07, 6.45) is 0. The number of carbonyl (C=O) groups is 1. The van der Waals surface area contributed by atoms with Gasteiger partial charge in [0.2, 0.25) is 0 Å². The van der Waals surface area contributed by atoms with E-state index in [1.54, 1.807) is 18.2 Å². The first-order chi connectivity index (χ1) is 5.09. The van der Waals surface area contributed by atoms with Gasteiger partial charge in [0.1, 0.15) is 0 Å². The molecule has 58 valence electrons. The summed E-state index contributed by atoms with van der Waals surface area (Å²) in [5.41, 5.74) is 6.75. The first-order valence-electron chi connectivity index (χ1n) is 3.16. The Hall–Kier alpha value is -0.830. The van der Waals surface area contributed by atoms with Gasteiger partial charge < -0.3 is 5.73 Å². The van der Waals surface area contributed by atoms with Crippen LogP contribution < -0.4 is 5.73 Å². The molecule has 0 saturated carbocycles. The number of rotatable bonds is 1. The molecule has 0 amide bonds. The molecule has 0 bridgehead atoms. The topological polar surface area (TPSA) is 43.1 Å². The van der Waals surface area contributed by atoms with Crippen LogP contribution in [0.2, 0.25) is 0 Å². The third-order valence-electron chi connectivity index (χ3n) is 1.33. The van der Waals surface area contributed by atoms with E-state index < -0.39 is 0 Å². The van der Waals surface area contributed by atoms with Crippen molar-refractivity contribution < 1.29 is 4.79 Å². The minimum atomic E-state index is 0.0259. The van der Waals surface area contributed by atoms with Crippen molar-refractivity contribution in [2.24, 2.45) is 0 Å². The van der Waals surface area contributed by atoms with E-state index in [1.807, 2.05) is 0 Å². The van der Waals surface area contributed by atoms with Crippen LogP contribution in [0.3, 0.4) is 0 Å². The highest BCUT2D eigenvalue weighted by molar-refractivity contribution is 9.10. The van der Waals surface area contributed by atoms with Gasteiger partial charge in [-0.05, 0) is 25.1 Å². The van der Waals surface area contributed by atoms with Crippen molar-refractivity contribution in [1.82, 2.24) is 0 Å². The molecule has 0 aliphatic heterocycles. The molecule has 0 spiro atoms. The molecule has 0 unspecified atom stereocenters. The van der Waals surface area contributed by atoms with Crippen molar-refractivity contribution in [3.05, 3.63) is 28.2 Å². The Bertz CT molecular complexity index is 276. The Morgan fingerprint density at radius 2 is 2.09 bits per heavy atom. The number of hydrogen-bond acceptors (Lipinski definition) is 2. The summed E-state index contributed by atoms with van der Waals surface area (Å²) in [4.78, 5) is 10.9. The largest absolute Gasteiger partial charge is 0.399 e. The average Bonchev–Trinajstić information content (AvgIpc) is 1.85. The molecule has 0 aliphatic rings. The zero-order chi connectivity index (χ0) is 8.43. The highest BCUT2D eigenvalue weighted by atomic mass is 79.9. The van der Waals surface area contributed by atoms with Gasteiger partial charge in [-0.2, -0.15) is 0 Å². The van der Waals surface area contributed by atoms with Crippen LogP contribution in [-0.4, -0.2) is 5.78 Å². The summed E-state index contributed by atoms with van der Waals surface area (Å²) in [5, 5.41) is 0. The van der Waals surface area contributed by atoms with Crippen LogP contribution >= 0.6 is 15.9 Å². The molecule has 0 fully saturated rings. The fourth-order valence-corrected chi connectivity index (χ4v) is 1.33. The lowest BCUT2D eigenvalue weighted by Gasteiger charge is -1.98. The number of carbonyl (C=O) groups excluding carboxylic acids is 1. The molecule has 0 saturated heterocycles. The smallest absolute Gasteiger partial charge is 0.159 e. The summed E-state index contributed by atoms with van der Waals surface area (Å²) in [6.45, 7) is 1.52. The molecule has 1 aromatic carbocycles. The summed E-state index contributed by atoms with van der Waals surface area (Å²) >= 11 is 3.25. The molecule has 0 radical (unpaired) electrons. The number of benzene rings is 1. The second-order valence-electron chi connectivity index (χ2n) is 2.33. The van der Waals surface area contributed by atoms with Gasteiger partial charge in [-0.1, -0.05) is 15.9 Å². The second-order valence-corrected chi connectivity index (χ2v) is 3.25. The Balaban J connectivity index is 3.19. The number of halogens is 1. The second kappa shape index (κ2) is 3.05. The molecule has 0 aliphatic carbocycles. The fourth-order valence-electron chi connectivity index (χ4n) is 0.816. The standard InChI is InChI=1S/C8H8BrNO/c1-5(11)6-2-7(9)4-8(10)3-6/h2-4H,10H2,1H3. The zero-order valence-corrected chi connectivity index (χ0v) is 7.68. The first-order valence-corrected chi connectivity index (χ1v) is 3.96. The molecule has 3 heteroatoms. The molecule has 2 N–H and O–H groups in total. The zero-order valence-electron chi connectivity index (χ0n) is 6.10. The maximum Gasteiger partial charge on any atom is 0.159 e. The van der Waals surface area contributed by atoms with Crippen molar-refractivity contribution in [2.75, 3.05) is 5.73 Å². The number of anilines is 1. The molecule has 2 nitrogen and oxygen atoms in total. The molecule has 0 aromatic heterocycles. The van der Waals surface area contributed by atoms with Gasteiger partial charge in [0.05, 0.1) is 0 Å². The third kappa shape index (κ3) is 2.05. The number of ketones is 1. The van der Waals surface area contributed by atoms with Crippen LogP contribution in [0.25, 0.3) is 0 Å². The van der Waals surface area contributed by atoms with Crippen LogP contribution in [0.5, 0.6) is 0 Å². The van der Waals surface area contributed by atoms with Gasteiger partial charge in [0.15, 0.2) is 5.78 Å². The summed E-state index contributed by atoms with van der Waals surface area (Å²) in [5.74, 6) is 0.0259. The van der Waals surface area contributed by atoms with Crippen LogP contribution in [-0.2, 0) is 0 Å². The van der Waals surface area contributed by atoms with Crippen LogP contribution in [0, 0.1) is 0 Å². The van der Waals surface area contributed by atoms with E-state index in [2.05, 4.69) is 15.9 Å². The summed E-state index contributed by atoms with van der Waals surface area (Å²) in [6, 6.07) is 5.16. The normalized spacial score (nSPS) is 9.64. The Morgan fingerprint density at radius 3 is 2.55 bits per heavy atom. The molecule has 0 atom stereocenters. The number of Topliss-reactive ketones (excluding diaryl/α,β-unsaturated/α-hetero) is 1. The number of nitrogen functional groups attached to an aromatic ring is 1. The summed E-state index contributed by atoms with van der Waals surface area (Å²) in [7, 11) is 0. The Labute approximate surface area is 73.5 Å². The van der Waals surface area contributed by atoms with Crippen LogP contribution in [0.15, 0.2) is 22.7 Å². The van der Waals surface area contributed by atoms with E-state index in [0.29, 0.717) is 11.3 Å². The van der Waals surface area contributed by atoms with E-state index in [-0.39, 0.29) is 5.78 Å². The van der Waals surface area contributed by atoms with E-state index in [9.17, 15) is 4.79 Å². The molecule has 11 heavy (non-hydrogen) atoms. The highest BCUT2D eigenvalue weighted by Gasteiger charge is 2.00. The molecular formula is C8H8BrNO.